The molecule has 1 atom stereocenters. The number of nitrogens with two attached hydrogens (primary N) is 1. The number of hydrogen-bond acceptors (Lipinski definition) is 3. The van der Waals surface area contributed by atoms with E-state index in [0.717, 1.165) is 31.0 Å². The van der Waals surface area contributed by atoms with E-state index in [1.54, 1.807) is 0 Å². The molecule has 0 bridgehead atoms. The van der Waals surface area contributed by atoms with Crippen molar-refractivity contribution in [3.05, 3.63) is 89.5 Å². The average Bonchev–Trinajstić information content (AvgIpc) is 3.22. The van der Waals surface area contributed by atoms with Crippen molar-refractivity contribution in [3.8, 4) is 11.5 Å². The summed E-state index contributed by atoms with van der Waals surface area (Å²) in [5.41, 5.74) is 5.22. The van der Waals surface area contributed by atoms with Crippen molar-refractivity contribution < 1.29 is 14.8 Å². The number of benzene rings is 3. The molecule has 1 aliphatic heterocycles. The van der Waals surface area contributed by atoms with E-state index < -0.39 is 0 Å². The minimum absolute atomic E-state index is 0.315. The lowest BCUT2D eigenvalue weighted by Gasteiger charge is -2.18. The first-order valence-corrected chi connectivity index (χ1v) is 10.2. The smallest absolute Gasteiger partial charge is 0.231 e. The van der Waals surface area contributed by atoms with Gasteiger partial charge in [-0.2, -0.15) is 0 Å². The molecule has 4 heteroatoms. The molecule has 0 aromatic heterocycles. The van der Waals surface area contributed by atoms with Crippen LogP contribution in [0.2, 0.25) is 0 Å². The van der Waals surface area contributed by atoms with Crippen molar-refractivity contribution in [1.82, 2.24) is 0 Å². The molecule has 3 aromatic carbocycles. The van der Waals surface area contributed by atoms with Crippen LogP contribution in [-0.2, 0) is 6.54 Å². The van der Waals surface area contributed by atoms with Crippen LogP contribution < -0.4 is 19.7 Å². The summed E-state index contributed by atoms with van der Waals surface area (Å²) in [6, 6.07) is 25.9. The molecule has 0 saturated heterocycles. The summed E-state index contributed by atoms with van der Waals surface area (Å²) in [7, 11) is 4.14. The highest BCUT2D eigenvalue weighted by Crippen LogP contribution is 2.37. The van der Waals surface area contributed by atoms with E-state index >= 15 is 0 Å². The molecule has 1 aliphatic rings. The second kappa shape index (κ2) is 9.01. The number of anilines is 1. The Morgan fingerprint density at radius 3 is 2.38 bits per heavy atom. The van der Waals surface area contributed by atoms with Gasteiger partial charge >= 0.3 is 0 Å². The van der Waals surface area contributed by atoms with E-state index in [0.29, 0.717) is 12.7 Å². The molecule has 0 fully saturated rings. The van der Waals surface area contributed by atoms with E-state index in [1.807, 2.05) is 6.07 Å². The number of quaternary nitrogens is 1. The Kier molecular flexibility index (Phi) is 6.01. The lowest BCUT2D eigenvalue weighted by Crippen LogP contribution is -2.82. The summed E-state index contributed by atoms with van der Waals surface area (Å²) >= 11 is 0. The first kappa shape index (κ1) is 19.3. The van der Waals surface area contributed by atoms with Crippen LogP contribution in [0.3, 0.4) is 0 Å². The number of hydrogen-bond donors (Lipinski definition) is 1. The van der Waals surface area contributed by atoms with Crippen molar-refractivity contribution in [2.24, 2.45) is 0 Å². The fourth-order valence-corrected chi connectivity index (χ4v) is 3.82. The SMILES string of the molecule is CN(C)c1ccc(C[NH2+]CC[C@@H](c2ccccc2)c2ccc3c(c2)OCO3)cc1. The van der Waals surface area contributed by atoms with Gasteiger partial charge in [0.1, 0.15) is 6.54 Å². The Hall–Kier alpha value is -2.98. The van der Waals surface area contributed by atoms with Crippen molar-refractivity contribution in [2.75, 3.05) is 32.3 Å². The molecule has 3 aromatic rings. The maximum Gasteiger partial charge on any atom is 0.231 e. The Balaban J connectivity index is 1.41. The maximum absolute atomic E-state index is 5.60. The predicted octanol–water partition coefficient (Wildman–Crippen LogP) is 3.77. The van der Waals surface area contributed by atoms with Crippen LogP contribution in [0.4, 0.5) is 5.69 Å². The molecule has 0 spiro atoms. The Bertz CT molecular complexity index is 923. The van der Waals surface area contributed by atoms with Gasteiger partial charge in [0.25, 0.3) is 0 Å². The lowest BCUT2D eigenvalue weighted by molar-refractivity contribution is -0.671. The molecule has 0 aliphatic carbocycles. The minimum Gasteiger partial charge on any atom is -0.454 e. The van der Waals surface area contributed by atoms with E-state index in [4.69, 9.17) is 9.47 Å². The molecule has 0 saturated carbocycles. The van der Waals surface area contributed by atoms with Crippen LogP contribution in [-0.4, -0.2) is 27.4 Å². The van der Waals surface area contributed by atoms with E-state index in [1.165, 1.54) is 22.4 Å². The van der Waals surface area contributed by atoms with E-state index in [2.05, 4.69) is 91.0 Å². The molecule has 2 N–H and O–H groups in total. The van der Waals surface area contributed by atoms with Crippen molar-refractivity contribution in [2.45, 2.75) is 18.9 Å². The monoisotopic (exact) mass is 389 g/mol. The number of ether oxygens (including phenoxy) is 2. The van der Waals surface area contributed by atoms with Gasteiger partial charge in [-0.25, -0.2) is 0 Å². The molecule has 29 heavy (non-hydrogen) atoms. The van der Waals surface area contributed by atoms with Crippen LogP contribution in [0.15, 0.2) is 72.8 Å². The third kappa shape index (κ3) is 4.72. The minimum atomic E-state index is 0.315. The quantitative estimate of drug-likeness (QED) is 0.596. The van der Waals surface area contributed by atoms with Gasteiger partial charge in [-0.3, -0.25) is 0 Å². The van der Waals surface area contributed by atoms with Gasteiger partial charge < -0.3 is 19.7 Å². The summed E-state index contributed by atoms with van der Waals surface area (Å²) in [4.78, 5) is 2.13. The van der Waals surface area contributed by atoms with Gasteiger partial charge in [0.05, 0.1) is 6.54 Å². The molecule has 0 amide bonds. The summed E-state index contributed by atoms with van der Waals surface area (Å²) in [5, 5.41) is 2.40. The van der Waals surface area contributed by atoms with Gasteiger partial charge in [0.15, 0.2) is 11.5 Å². The van der Waals surface area contributed by atoms with E-state index in [-0.39, 0.29) is 0 Å². The highest BCUT2D eigenvalue weighted by Gasteiger charge is 2.19. The van der Waals surface area contributed by atoms with Crippen LogP contribution >= 0.6 is 0 Å². The van der Waals surface area contributed by atoms with E-state index in [9.17, 15) is 0 Å². The first-order valence-electron chi connectivity index (χ1n) is 10.2. The molecule has 4 rings (SSSR count). The molecule has 1 heterocycles. The van der Waals surface area contributed by atoms with Gasteiger partial charge in [-0.15, -0.1) is 0 Å². The van der Waals surface area contributed by atoms with Gasteiger partial charge in [0.2, 0.25) is 6.79 Å². The van der Waals surface area contributed by atoms with Gasteiger partial charge in [-0.05, 0) is 35.4 Å². The molecular formula is C25H29N2O2+. The fourth-order valence-electron chi connectivity index (χ4n) is 3.82. The second-order valence-corrected chi connectivity index (χ2v) is 7.71. The van der Waals surface area contributed by atoms with Crippen LogP contribution in [0.5, 0.6) is 11.5 Å². The topological polar surface area (TPSA) is 38.3 Å². The summed E-state index contributed by atoms with van der Waals surface area (Å²) < 4.78 is 11.1. The van der Waals surface area contributed by atoms with Crippen molar-refractivity contribution in [1.29, 1.82) is 0 Å². The standard InChI is InChI=1S/C25H28N2O2/c1-27(2)22-11-8-19(9-12-22)17-26-15-14-23(20-6-4-3-5-7-20)21-10-13-24-25(16-21)29-18-28-24/h3-13,16,23,26H,14-15,17-18H2,1-2H3/p+1/t23-/m0/s1. The zero-order chi connectivity index (χ0) is 20.1. The third-order valence-electron chi connectivity index (χ3n) is 5.49. The number of rotatable bonds is 8. The van der Waals surface area contributed by atoms with Crippen molar-refractivity contribution >= 4 is 5.69 Å². The zero-order valence-electron chi connectivity index (χ0n) is 17.2. The maximum atomic E-state index is 5.60. The predicted molar refractivity (Wildman–Crippen MR) is 117 cm³/mol. The first-order chi connectivity index (χ1) is 14.2. The molecule has 4 nitrogen and oxygen atoms in total. The average molecular weight is 390 g/mol. The van der Waals surface area contributed by atoms with Crippen molar-refractivity contribution in [3.63, 3.8) is 0 Å². The largest absolute Gasteiger partial charge is 0.454 e. The number of fused-ring (bicyclic) bond motifs is 1. The highest BCUT2D eigenvalue weighted by atomic mass is 16.7. The fraction of sp³-hybridized carbons (Fsp3) is 0.280. The molecule has 0 radical (unpaired) electrons. The zero-order valence-corrected chi connectivity index (χ0v) is 17.2. The Morgan fingerprint density at radius 2 is 1.62 bits per heavy atom. The third-order valence-corrected chi connectivity index (χ3v) is 5.49. The summed E-state index contributed by atoms with van der Waals surface area (Å²) in [6.45, 7) is 2.37. The molecule has 150 valence electrons. The van der Waals surface area contributed by atoms with Gasteiger partial charge in [-0.1, -0.05) is 48.5 Å². The molecule has 0 unspecified atom stereocenters. The normalized spacial score (nSPS) is 13.3. The Morgan fingerprint density at radius 1 is 0.862 bits per heavy atom. The second-order valence-electron chi connectivity index (χ2n) is 7.71. The van der Waals surface area contributed by atoms with Crippen LogP contribution in [0.1, 0.15) is 29.0 Å². The molecular weight excluding hydrogens is 360 g/mol. The Labute approximate surface area is 173 Å². The lowest BCUT2D eigenvalue weighted by atomic mass is 9.88. The summed E-state index contributed by atoms with van der Waals surface area (Å²) in [6.07, 6.45) is 1.07. The summed E-state index contributed by atoms with van der Waals surface area (Å²) in [5.74, 6) is 2.04. The highest BCUT2D eigenvalue weighted by molar-refractivity contribution is 5.47. The van der Waals surface area contributed by atoms with Crippen LogP contribution in [0.25, 0.3) is 0 Å². The number of nitrogens with zero attached hydrogens (tertiary/aromatic N) is 1. The van der Waals surface area contributed by atoms with Gasteiger partial charge in [0, 0.05) is 37.7 Å². The van der Waals surface area contributed by atoms with Crippen LogP contribution in [0, 0.1) is 0 Å².